The van der Waals surface area contributed by atoms with E-state index in [0.29, 0.717) is 12.1 Å². The van der Waals surface area contributed by atoms with Crippen molar-refractivity contribution in [1.29, 1.82) is 0 Å². The molecule has 0 unspecified atom stereocenters. The summed E-state index contributed by atoms with van der Waals surface area (Å²) >= 11 is 3.25. The van der Waals surface area contributed by atoms with E-state index in [-0.39, 0.29) is 18.1 Å². The van der Waals surface area contributed by atoms with E-state index in [9.17, 15) is 9.59 Å². The Balaban J connectivity index is 1.96. The molecule has 0 aliphatic carbocycles. The van der Waals surface area contributed by atoms with Crippen molar-refractivity contribution in [2.24, 2.45) is 0 Å². The zero-order valence-corrected chi connectivity index (χ0v) is 10.7. The summed E-state index contributed by atoms with van der Waals surface area (Å²) in [6.45, 7) is -0.0292. The molecule has 0 aliphatic heterocycles. The van der Waals surface area contributed by atoms with Crippen molar-refractivity contribution in [2.45, 2.75) is 6.54 Å². The number of aldehydes is 1. The van der Waals surface area contributed by atoms with Crippen LogP contribution < -0.4 is 5.32 Å². The minimum Gasteiger partial charge on any atom is -0.309 e. The number of pyridine rings is 1. The number of hydrogen-bond donors (Lipinski definition) is 1. The van der Waals surface area contributed by atoms with E-state index in [0.717, 1.165) is 4.47 Å². The average molecular weight is 310 g/mol. The van der Waals surface area contributed by atoms with Crippen LogP contribution in [-0.2, 0) is 11.3 Å². The molecule has 0 saturated heterocycles. The largest absolute Gasteiger partial charge is 0.309 e. The molecule has 0 atom stereocenters. The number of anilines is 1. The van der Waals surface area contributed by atoms with Gasteiger partial charge in [0.05, 0.1) is 6.20 Å². The first-order valence-corrected chi connectivity index (χ1v) is 5.73. The van der Waals surface area contributed by atoms with Gasteiger partial charge < -0.3 is 5.32 Å². The fourth-order valence-corrected chi connectivity index (χ4v) is 1.46. The third kappa shape index (κ3) is 3.20. The summed E-state index contributed by atoms with van der Waals surface area (Å²) < 4.78 is 2.10. The number of carbonyl (C=O) groups excluding carboxylic acids is 2. The second-order valence-corrected chi connectivity index (χ2v) is 4.28. The highest BCUT2D eigenvalue weighted by atomic mass is 79.9. The topological polar surface area (TPSA) is 89.8 Å². The summed E-state index contributed by atoms with van der Waals surface area (Å²) in [6, 6.07) is 3.43. The number of rotatable bonds is 4. The van der Waals surface area contributed by atoms with Crippen molar-refractivity contribution in [3.05, 3.63) is 34.7 Å². The lowest BCUT2D eigenvalue weighted by Crippen LogP contribution is -2.19. The van der Waals surface area contributed by atoms with Crippen LogP contribution in [0.1, 0.15) is 10.5 Å². The molecule has 2 aromatic rings. The van der Waals surface area contributed by atoms with E-state index in [1.54, 1.807) is 18.3 Å². The Morgan fingerprint density at radius 2 is 2.33 bits per heavy atom. The maximum absolute atomic E-state index is 11.6. The number of carbonyl (C=O) groups is 2. The van der Waals surface area contributed by atoms with Crippen LogP contribution in [0, 0.1) is 0 Å². The number of nitrogens with zero attached hydrogens (tertiary/aromatic N) is 4. The van der Waals surface area contributed by atoms with E-state index in [2.05, 4.69) is 36.5 Å². The van der Waals surface area contributed by atoms with Gasteiger partial charge in [0.1, 0.15) is 18.1 Å². The van der Waals surface area contributed by atoms with E-state index >= 15 is 0 Å². The second-order valence-electron chi connectivity index (χ2n) is 3.37. The molecule has 1 amide bonds. The fraction of sp³-hybridized carbons (Fsp3) is 0.100. The van der Waals surface area contributed by atoms with Crippen LogP contribution >= 0.6 is 15.9 Å². The predicted molar refractivity (Wildman–Crippen MR) is 66.0 cm³/mol. The fourth-order valence-electron chi connectivity index (χ4n) is 1.22. The molecule has 8 heteroatoms. The maximum atomic E-state index is 11.6. The Bertz CT molecular complexity index is 566. The van der Waals surface area contributed by atoms with Gasteiger partial charge in [0.15, 0.2) is 6.29 Å². The standard InChI is InChI=1S/C10H8BrN5O2/c11-7-1-2-9(12-3-7)13-10(18)5-16-4-8(6-17)14-15-16/h1-4,6H,5H2,(H,12,13,18). The average Bonchev–Trinajstić information content (AvgIpc) is 2.79. The Morgan fingerprint density at radius 1 is 1.50 bits per heavy atom. The van der Waals surface area contributed by atoms with Crippen molar-refractivity contribution >= 4 is 33.9 Å². The molecule has 2 aromatic heterocycles. The van der Waals surface area contributed by atoms with Crippen LogP contribution in [0.3, 0.4) is 0 Å². The SMILES string of the molecule is O=Cc1cn(CC(=O)Nc2ccc(Br)cn2)nn1. The lowest BCUT2D eigenvalue weighted by Gasteiger charge is -2.03. The van der Waals surface area contributed by atoms with E-state index in [1.165, 1.54) is 10.9 Å². The van der Waals surface area contributed by atoms with E-state index in [1.807, 2.05) is 0 Å². The van der Waals surface area contributed by atoms with Gasteiger partial charge in [-0.1, -0.05) is 5.21 Å². The summed E-state index contributed by atoms with van der Waals surface area (Å²) in [5, 5.41) is 9.78. The zero-order valence-electron chi connectivity index (χ0n) is 9.08. The van der Waals surface area contributed by atoms with Crippen LogP contribution in [0.5, 0.6) is 0 Å². The quantitative estimate of drug-likeness (QED) is 0.847. The molecule has 2 rings (SSSR count). The molecule has 0 saturated carbocycles. The highest BCUT2D eigenvalue weighted by molar-refractivity contribution is 9.10. The first-order valence-electron chi connectivity index (χ1n) is 4.94. The van der Waals surface area contributed by atoms with Gasteiger partial charge >= 0.3 is 0 Å². The zero-order chi connectivity index (χ0) is 13.0. The molecule has 92 valence electrons. The number of aromatic nitrogens is 4. The highest BCUT2D eigenvalue weighted by Crippen LogP contribution is 2.10. The molecule has 0 fully saturated rings. The first kappa shape index (κ1) is 12.4. The van der Waals surface area contributed by atoms with E-state index in [4.69, 9.17) is 0 Å². The summed E-state index contributed by atoms with van der Waals surface area (Å²) in [6.07, 6.45) is 3.54. The molecule has 0 spiro atoms. The molecule has 7 nitrogen and oxygen atoms in total. The molecule has 0 bridgehead atoms. The lowest BCUT2D eigenvalue weighted by molar-refractivity contribution is -0.116. The summed E-state index contributed by atoms with van der Waals surface area (Å²) in [4.78, 5) is 26.0. The summed E-state index contributed by atoms with van der Waals surface area (Å²) in [5.41, 5.74) is 0.185. The molecule has 0 radical (unpaired) electrons. The van der Waals surface area contributed by atoms with Crippen LogP contribution in [0.25, 0.3) is 0 Å². The van der Waals surface area contributed by atoms with Crippen molar-refractivity contribution in [3.63, 3.8) is 0 Å². The minimum absolute atomic E-state index is 0.0292. The third-order valence-electron chi connectivity index (χ3n) is 1.98. The van der Waals surface area contributed by atoms with Crippen LogP contribution in [0.2, 0.25) is 0 Å². The van der Waals surface area contributed by atoms with Gasteiger partial charge in [0.25, 0.3) is 0 Å². The van der Waals surface area contributed by atoms with Gasteiger partial charge in [-0.15, -0.1) is 5.10 Å². The molecule has 0 aliphatic rings. The Labute approximate surface area is 110 Å². The van der Waals surface area contributed by atoms with Crippen molar-refractivity contribution in [1.82, 2.24) is 20.0 Å². The number of halogens is 1. The first-order chi connectivity index (χ1) is 8.67. The van der Waals surface area contributed by atoms with Gasteiger partial charge in [0.2, 0.25) is 5.91 Å². The van der Waals surface area contributed by atoms with Gasteiger partial charge in [-0.05, 0) is 28.1 Å². The van der Waals surface area contributed by atoms with Gasteiger partial charge in [-0.25, -0.2) is 9.67 Å². The second kappa shape index (κ2) is 5.50. The molecular formula is C10H8BrN5O2. The smallest absolute Gasteiger partial charge is 0.247 e. The van der Waals surface area contributed by atoms with Crippen molar-refractivity contribution in [3.8, 4) is 0 Å². The van der Waals surface area contributed by atoms with Crippen molar-refractivity contribution in [2.75, 3.05) is 5.32 Å². The lowest BCUT2D eigenvalue weighted by atomic mass is 10.4. The number of hydrogen-bond acceptors (Lipinski definition) is 5. The third-order valence-corrected chi connectivity index (χ3v) is 2.45. The number of nitrogens with one attached hydrogen (secondary N) is 1. The van der Waals surface area contributed by atoms with Crippen LogP contribution in [0.4, 0.5) is 5.82 Å². The maximum Gasteiger partial charge on any atom is 0.247 e. The normalized spacial score (nSPS) is 10.1. The van der Waals surface area contributed by atoms with Gasteiger partial charge in [-0.2, -0.15) is 0 Å². The Morgan fingerprint density at radius 3 is 2.94 bits per heavy atom. The Kier molecular flexibility index (Phi) is 3.78. The molecule has 0 aromatic carbocycles. The minimum atomic E-state index is -0.299. The molecular weight excluding hydrogens is 302 g/mol. The monoisotopic (exact) mass is 309 g/mol. The van der Waals surface area contributed by atoms with Crippen LogP contribution in [-0.4, -0.2) is 32.2 Å². The molecule has 18 heavy (non-hydrogen) atoms. The van der Waals surface area contributed by atoms with Gasteiger partial charge in [-0.3, -0.25) is 9.59 Å². The molecule has 1 N–H and O–H groups in total. The number of amides is 1. The Hall–Kier alpha value is -2.09. The summed E-state index contributed by atoms with van der Waals surface area (Å²) in [5.74, 6) is 0.145. The summed E-state index contributed by atoms with van der Waals surface area (Å²) in [7, 11) is 0. The highest BCUT2D eigenvalue weighted by Gasteiger charge is 2.06. The van der Waals surface area contributed by atoms with E-state index < -0.39 is 0 Å². The van der Waals surface area contributed by atoms with Crippen LogP contribution in [0.15, 0.2) is 29.0 Å². The predicted octanol–water partition coefficient (Wildman–Crippen LogP) is 0.887. The van der Waals surface area contributed by atoms with Gasteiger partial charge in [0, 0.05) is 10.7 Å². The van der Waals surface area contributed by atoms with Crippen molar-refractivity contribution < 1.29 is 9.59 Å². The molecule has 2 heterocycles.